The summed E-state index contributed by atoms with van der Waals surface area (Å²) in [5.74, 6) is 0.220. The van der Waals surface area contributed by atoms with Crippen LogP contribution < -0.4 is 5.32 Å². The van der Waals surface area contributed by atoms with Gasteiger partial charge in [0.15, 0.2) is 0 Å². The van der Waals surface area contributed by atoms with Crippen molar-refractivity contribution in [1.29, 1.82) is 0 Å². The Labute approximate surface area is 152 Å². The number of rotatable bonds is 5. The van der Waals surface area contributed by atoms with Crippen molar-refractivity contribution in [3.63, 3.8) is 0 Å². The Balaban J connectivity index is 1.48. The van der Waals surface area contributed by atoms with E-state index in [1.165, 1.54) is 5.39 Å². The fourth-order valence-electron chi connectivity index (χ4n) is 3.65. The molecule has 0 bridgehead atoms. The number of nitrogens with one attached hydrogen (secondary N) is 1. The summed E-state index contributed by atoms with van der Waals surface area (Å²) in [5.41, 5.74) is 1.85. The van der Waals surface area contributed by atoms with Gasteiger partial charge in [-0.15, -0.1) is 0 Å². The summed E-state index contributed by atoms with van der Waals surface area (Å²) < 4.78 is 0. The Morgan fingerprint density at radius 1 is 1.08 bits per heavy atom. The van der Waals surface area contributed by atoms with E-state index in [-0.39, 0.29) is 24.0 Å². The summed E-state index contributed by atoms with van der Waals surface area (Å²) in [5, 5.41) is 15.1. The van der Waals surface area contributed by atoms with E-state index < -0.39 is 0 Å². The number of pyridine rings is 1. The molecule has 0 radical (unpaired) electrons. The Hall–Kier alpha value is -2.72. The third kappa shape index (κ3) is 3.60. The summed E-state index contributed by atoms with van der Waals surface area (Å²) in [6.07, 6.45) is 3.23. The van der Waals surface area contributed by atoms with Crippen LogP contribution in [0.2, 0.25) is 0 Å². The third-order valence-electron chi connectivity index (χ3n) is 5.12. The normalized spacial score (nSPS) is 20.3. The van der Waals surface area contributed by atoms with E-state index >= 15 is 0 Å². The summed E-state index contributed by atoms with van der Waals surface area (Å²) in [7, 11) is 0. The molecule has 1 aliphatic carbocycles. The number of hydrogen-bond acceptors (Lipinski definition) is 3. The van der Waals surface area contributed by atoms with Crippen molar-refractivity contribution in [1.82, 2.24) is 10.3 Å². The largest absolute Gasteiger partial charge is 0.393 e. The van der Waals surface area contributed by atoms with Crippen LogP contribution in [-0.4, -0.2) is 22.1 Å². The summed E-state index contributed by atoms with van der Waals surface area (Å²) in [4.78, 5) is 17.1. The predicted octanol–water partition coefficient (Wildman–Crippen LogP) is 3.41. The second kappa shape index (κ2) is 7.26. The van der Waals surface area contributed by atoms with Gasteiger partial charge in [0.2, 0.25) is 5.91 Å². The number of carbonyl (C=O) groups is 1. The van der Waals surface area contributed by atoms with E-state index in [4.69, 9.17) is 0 Å². The van der Waals surface area contributed by atoms with Gasteiger partial charge in [0, 0.05) is 6.20 Å². The summed E-state index contributed by atoms with van der Waals surface area (Å²) in [6.45, 7) is 0. The lowest BCUT2D eigenvalue weighted by Gasteiger charge is -2.37. The molecule has 0 saturated heterocycles. The first-order chi connectivity index (χ1) is 12.7. The zero-order chi connectivity index (χ0) is 17.9. The number of benzene rings is 2. The zero-order valence-corrected chi connectivity index (χ0v) is 14.5. The standard InChI is InChI=1S/C22H22N2O2/c25-19-13-18(14-19)22(20-7-3-4-10-23-20)24-21(26)12-15-8-9-16-5-1-2-6-17(16)11-15/h1-11,18-19,22,25H,12-14H2,(H,24,26). The van der Waals surface area contributed by atoms with Crippen LogP contribution in [0, 0.1) is 5.92 Å². The van der Waals surface area contributed by atoms with Crippen molar-refractivity contribution in [2.45, 2.75) is 31.4 Å². The van der Waals surface area contributed by atoms with Crippen molar-refractivity contribution < 1.29 is 9.90 Å². The molecule has 3 aromatic rings. The van der Waals surface area contributed by atoms with Crippen molar-refractivity contribution in [2.24, 2.45) is 5.92 Å². The Morgan fingerprint density at radius 2 is 1.85 bits per heavy atom. The van der Waals surface area contributed by atoms with E-state index in [1.807, 2.05) is 36.4 Å². The Bertz CT molecular complexity index is 904. The van der Waals surface area contributed by atoms with Crippen LogP contribution in [0.1, 0.15) is 30.1 Å². The smallest absolute Gasteiger partial charge is 0.224 e. The zero-order valence-electron chi connectivity index (χ0n) is 14.5. The number of aliphatic hydroxyl groups is 1. The highest BCUT2D eigenvalue weighted by Crippen LogP contribution is 2.37. The van der Waals surface area contributed by atoms with Gasteiger partial charge in [0.05, 0.1) is 24.3 Å². The van der Waals surface area contributed by atoms with Gasteiger partial charge < -0.3 is 10.4 Å². The lowest BCUT2D eigenvalue weighted by atomic mass is 9.76. The minimum absolute atomic E-state index is 0.0164. The van der Waals surface area contributed by atoms with Crippen molar-refractivity contribution >= 4 is 16.7 Å². The Kier molecular flexibility index (Phi) is 4.67. The maximum atomic E-state index is 12.7. The van der Waals surface area contributed by atoms with Crippen LogP contribution in [0.25, 0.3) is 10.8 Å². The number of nitrogens with zero attached hydrogens (tertiary/aromatic N) is 1. The van der Waals surface area contributed by atoms with E-state index in [9.17, 15) is 9.90 Å². The molecule has 0 aliphatic heterocycles. The third-order valence-corrected chi connectivity index (χ3v) is 5.12. The molecule has 4 heteroatoms. The van der Waals surface area contributed by atoms with Crippen molar-refractivity contribution in [3.05, 3.63) is 78.1 Å². The van der Waals surface area contributed by atoms with E-state index in [2.05, 4.69) is 34.6 Å². The molecule has 4 nitrogen and oxygen atoms in total. The molecular weight excluding hydrogens is 324 g/mol. The van der Waals surface area contributed by atoms with Crippen molar-refractivity contribution in [3.8, 4) is 0 Å². The first kappa shape index (κ1) is 16.7. The molecule has 0 spiro atoms. The van der Waals surface area contributed by atoms with Crippen molar-refractivity contribution in [2.75, 3.05) is 0 Å². The maximum Gasteiger partial charge on any atom is 0.224 e. The van der Waals surface area contributed by atoms with Crippen LogP contribution in [0.4, 0.5) is 0 Å². The number of aromatic nitrogens is 1. The number of carbonyl (C=O) groups excluding carboxylic acids is 1. The van der Waals surface area contributed by atoms with Crippen LogP contribution in [0.3, 0.4) is 0 Å². The molecule has 1 atom stereocenters. The second-order valence-corrected chi connectivity index (χ2v) is 7.04. The molecule has 1 unspecified atom stereocenters. The van der Waals surface area contributed by atoms with Crippen LogP contribution in [0.5, 0.6) is 0 Å². The molecule has 1 heterocycles. The molecule has 1 amide bonds. The maximum absolute atomic E-state index is 12.7. The fourth-order valence-corrected chi connectivity index (χ4v) is 3.65. The minimum Gasteiger partial charge on any atom is -0.393 e. The van der Waals surface area contributed by atoms with Gasteiger partial charge in [-0.3, -0.25) is 9.78 Å². The highest BCUT2D eigenvalue weighted by atomic mass is 16.3. The highest BCUT2D eigenvalue weighted by molar-refractivity contribution is 5.85. The average Bonchev–Trinajstić information content (AvgIpc) is 2.64. The molecule has 1 fully saturated rings. The summed E-state index contributed by atoms with van der Waals surface area (Å²) in [6, 6.07) is 19.9. The van der Waals surface area contributed by atoms with E-state index in [0.717, 1.165) is 16.6 Å². The monoisotopic (exact) mass is 346 g/mol. The molecule has 1 saturated carbocycles. The quantitative estimate of drug-likeness (QED) is 0.744. The van der Waals surface area contributed by atoms with Crippen LogP contribution in [0.15, 0.2) is 66.9 Å². The van der Waals surface area contributed by atoms with E-state index in [0.29, 0.717) is 19.3 Å². The predicted molar refractivity (Wildman–Crippen MR) is 102 cm³/mol. The van der Waals surface area contributed by atoms with Gasteiger partial charge in [0.25, 0.3) is 0 Å². The second-order valence-electron chi connectivity index (χ2n) is 7.04. The van der Waals surface area contributed by atoms with Crippen LogP contribution >= 0.6 is 0 Å². The number of amides is 1. The highest BCUT2D eigenvalue weighted by Gasteiger charge is 2.36. The topological polar surface area (TPSA) is 62.2 Å². The molecular formula is C22H22N2O2. The molecule has 4 rings (SSSR count). The van der Waals surface area contributed by atoms with E-state index in [1.54, 1.807) is 6.20 Å². The number of fused-ring (bicyclic) bond motifs is 1. The first-order valence-corrected chi connectivity index (χ1v) is 9.05. The summed E-state index contributed by atoms with van der Waals surface area (Å²) >= 11 is 0. The molecule has 1 aromatic heterocycles. The number of hydrogen-bond donors (Lipinski definition) is 2. The van der Waals surface area contributed by atoms with Gasteiger partial charge in [0.1, 0.15) is 0 Å². The average molecular weight is 346 g/mol. The van der Waals surface area contributed by atoms with Crippen LogP contribution in [-0.2, 0) is 11.2 Å². The van der Waals surface area contributed by atoms with Gasteiger partial charge in [-0.2, -0.15) is 0 Å². The first-order valence-electron chi connectivity index (χ1n) is 9.05. The lowest BCUT2D eigenvalue weighted by Crippen LogP contribution is -2.42. The fraction of sp³-hybridized carbons (Fsp3) is 0.273. The molecule has 132 valence electrons. The van der Waals surface area contributed by atoms with Gasteiger partial charge >= 0.3 is 0 Å². The molecule has 2 N–H and O–H groups in total. The molecule has 1 aliphatic rings. The lowest BCUT2D eigenvalue weighted by molar-refractivity contribution is -0.122. The SMILES string of the molecule is O=C(Cc1ccc2ccccc2c1)NC(c1ccccn1)C1CC(O)C1. The Morgan fingerprint density at radius 3 is 2.58 bits per heavy atom. The molecule has 26 heavy (non-hydrogen) atoms. The van der Waals surface area contributed by atoms with Gasteiger partial charge in [-0.25, -0.2) is 0 Å². The molecule has 2 aromatic carbocycles. The van der Waals surface area contributed by atoms with Gasteiger partial charge in [-0.1, -0.05) is 48.5 Å². The minimum atomic E-state index is -0.261. The number of aliphatic hydroxyl groups excluding tert-OH is 1. The van der Waals surface area contributed by atoms with Gasteiger partial charge in [-0.05, 0) is 47.2 Å².